The second-order valence-corrected chi connectivity index (χ2v) is 10.6. The van der Waals surface area contributed by atoms with E-state index in [4.69, 9.17) is 11.6 Å². The van der Waals surface area contributed by atoms with Crippen LogP contribution < -0.4 is 15.6 Å². The van der Waals surface area contributed by atoms with Crippen LogP contribution in [0.2, 0.25) is 4.34 Å². The largest absolute Gasteiger partial charge is 0.345 e. The second-order valence-electron chi connectivity index (χ2n) is 7.02. The molecule has 2 aromatic carbocycles. The SMILES string of the molecule is O=C(Nc1ccc(-n2ccc3cc4[nH]cnc4cc3c2=O)cc1)NS(=O)(=O)c1ccc(Cl)s1. The number of carbonyl (C=O) groups excluding carboxylic acids is 1. The lowest BCUT2D eigenvalue weighted by Gasteiger charge is -2.10. The second kappa shape index (κ2) is 8.03. The molecule has 5 rings (SSSR count). The van der Waals surface area contributed by atoms with Gasteiger partial charge >= 0.3 is 6.03 Å². The highest BCUT2D eigenvalue weighted by atomic mass is 35.5. The van der Waals surface area contributed by atoms with Crippen molar-refractivity contribution in [2.45, 2.75) is 4.21 Å². The van der Waals surface area contributed by atoms with Gasteiger partial charge in [0.15, 0.2) is 0 Å². The Morgan fingerprint density at radius 3 is 2.61 bits per heavy atom. The maximum absolute atomic E-state index is 13.0. The van der Waals surface area contributed by atoms with Crippen LogP contribution in [0.4, 0.5) is 10.5 Å². The first-order valence-corrected chi connectivity index (χ1v) is 12.2. The van der Waals surface area contributed by atoms with Gasteiger partial charge in [-0.05, 0) is 60.0 Å². The number of anilines is 1. The van der Waals surface area contributed by atoms with Crippen molar-refractivity contribution in [3.8, 4) is 5.69 Å². The number of hydrogen-bond donors (Lipinski definition) is 3. The molecule has 0 fully saturated rings. The fourth-order valence-corrected chi connectivity index (χ4v) is 5.74. The Labute approximate surface area is 195 Å². The van der Waals surface area contributed by atoms with E-state index in [0.717, 1.165) is 22.2 Å². The molecule has 5 aromatic rings. The Balaban J connectivity index is 1.36. The number of nitrogens with one attached hydrogen (secondary N) is 3. The number of hydrogen-bond acceptors (Lipinski definition) is 6. The van der Waals surface area contributed by atoms with Crippen molar-refractivity contribution in [1.82, 2.24) is 19.3 Å². The van der Waals surface area contributed by atoms with Crippen LogP contribution in [0.3, 0.4) is 0 Å². The summed E-state index contributed by atoms with van der Waals surface area (Å²) in [5.41, 5.74) is 2.26. The maximum atomic E-state index is 13.0. The van der Waals surface area contributed by atoms with E-state index in [0.29, 0.717) is 26.6 Å². The highest BCUT2D eigenvalue weighted by molar-refractivity contribution is 7.92. The molecule has 0 saturated carbocycles. The number of fused-ring (bicyclic) bond motifs is 2. The van der Waals surface area contributed by atoms with Gasteiger partial charge in [0, 0.05) is 23.0 Å². The standard InChI is InChI=1S/C21H14ClN5O4S2/c22-18-5-6-19(32-18)33(30,31)26-21(29)25-13-1-3-14(4-2-13)27-8-7-12-9-16-17(24-11-23-16)10-15(12)20(27)28/h1-11H,(H,23,24)(H2,25,26,29). The summed E-state index contributed by atoms with van der Waals surface area (Å²) in [5, 5.41) is 3.77. The number of benzene rings is 2. The van der Waals surface area contributed by atoms with Gasteiger partial charge in [-0.1, -0.05) is 11.6 Å². The number of imidazole rings is 1. The first-order chi connectivity index (χ1) is 15.8. The zero-order valence-corrected chi connectivity index (χ0v) is 19.0. The van der Waals surface area contributed by atoms with Crippen LogP contribution in [0.5, 0.6) is 0 Å². The molecular weight excluding hydrogens is 486 g/mol. The van der Waals surface area contributed by atoms with Crippen LogP contribution in [0, 0.1) is 0 Å². The van der Waals surface area contributed by atoms with Crippen molar-refractivity contribution in [3.63, 3.8) is 0 Å². The molecule has 33 heavy (non-hydrogen) atoms. The molecule has 166 valence electrons. The lowest BCUT2D eigenvalue weighted by atomic mass is 10.1. The zero-order valence-electron chi connectivity index (χ0n) is 16.6. The Morgan fingerprint density at radius 1 is 1.09 bits per heavy atom. The van der Waals surface area contributed by atoms with Crippen molar-refractivity contribution in [1.29, 1.82) is 0 Å². The van der Waals surface area contributed by atoms with Crippen LogP contribution in [-0.2, 0) is 10.0 Å². The minimum absolute atomic E-state index is 0.0687. The van der Waals surface area contributed by atoms with Crippen LogP contribution in [0.1, 0.15) is 0 Å². The average molecular weight is 500 g/mol. The highest BCUT2D eigenvalue weighted by Gasteiger charge is 2.19. The topological polar surface area (TPSA) is 126 Å². The Kier molecular flexibility index (Phi) is 5.16. The van der Waals surface area contributed by atoms with Gasteiger partial charge in [-0.2, -0.15) is 0 Å². The molecule has 3 N–H and O–H groups in total. The van der Waals surface area contributed by atoms with Crippen LogP contribution in [0.15, 0.2) is 76.1 Å². The minimum Gasteiger partial charge on any atom is -0.345 e. The number of H-pyrrole nitrogens is 1. The van der Waals surface area contributed by atoms with E-state index >= 15 is 0 Å². The number of halogens is 1. The number of urea groups is 1. The molecule has 0 aliphatic heterocycles. The van der Waals surface area contributed by atoms with Gasteiger partial charge in [0.25, 0.3) is 15.6 Å². The van der Waals surface area contributed by atoms with Crippen molar-refractivity contribution in [3.05, 3.63) is 81.8 Å². The predicted molar refractivity (Wildman–Crippen MR) is 128 cm³/mol. The first-order valence-electron chi connectivity index (χ1n) is 9.48. The summed E-state index contributed by atoms with van der Waals surface area (Å²) in [7, 11) is -4.03. The molecule has 0 bridgehead atoms. The smallest absolute Gasteiger partial charge is 0.333 e. The van der Waals surface area contributed by atoms with Crippen molar-refractivity contribution in [2.75, 3.05) is 5.32 Å². The third-order valence-electron chi connectivity index (χ3n) is 4.89. The van der Waals surface area contributed by atoms with Gasteiger partial charge in [-0.15, -0.1) is 11.3 Å². The number of carbonyl (C=O) groups is 1. The number of rotatable bonds is 4. The predicted octanol–water partition coefficient (Wildman–Crippen LogP) is 4.09. The number of nitrogens with zero attached hydrogens (tertiary/aromatic N) is 2. The molecule has 0 aliphatic carbocycles. The molecule has 0 atom stereocenters. The van der Waals surface area contributed by atoms with Gasteiger partial charge in [0.1, 0.15) is 4.21 Å². The van der Waals surface area contributed by atoms with E-state index < -0.39 is 16.1 Å². The molecule has 2 amide bonds. The van der Waals surface area contributed by atoms with Gasteiger partial charge < -0.3 is 10.3 Å². The van der Waals surface area contributed by atoms with E-state index in [-0.39, 0.29) is 9.77 Å². The maximum Gasteiger partial charge on any atom is 0.333 e. The molecule has 9 nitrogen and oxygen atoms in total. The Morgan fingerprint density at radius 2 is 1.88 bits per heavy atom. The molecule has 0 radical (unpaired) electrons. The fourth-order valence-electron chi connectivity index (χ4n) is 3.35. The average Bonchev–Trinajstić information content (AvgIpc) is 3.42. The third-order valence-corrected chi connectivity index (χ3v) is 7.94. The van der Waals surface area contributed by atoms with E-state index in [1.807, 2.05) is 16.9 Å². The quantitative estimate of drug-likeness (QED) is 0.343. The van der Waals surface area contributed by atoms with E-state index in [2.05, 4.69) is 15.3 Å². The number of pyridine rings is 1. The highest BCUT2D eigenvalue weighted by Crippen LogP contribution is 2.25. The number of sulfonamides is 1. The molecule has 12 heteroatoms. The zero-order chi connectivity index (χ0) is 23.2. The fraction of sp³-hybridized carbons (Fsp3) is 0. The number of thiophene rings is 1. The molecule has 0 aliphatic rings. The van der Waals surface area contributed by atoms with Gasteiger partial charge in [0.2, 0.25) is 0 Å². The summed E-state index contributed by atoms with van der Waals surface area (Å²) in [6.45, 7) is 0. The Hall–Kier alpha value is -3.67. The summed E-state index contributed by atoms with van der Waals surface area (Å²) in [5.74, 6) is 0. The Bertz CT molecular complexity index is 1690. The van der Waals surface area contributed by atoms with Gasteiger partial charge in [0.05, 0.1) is 21.7 Å². The van der Waals surface area contributed by atoms with E-state index in [9.17, 15) is 18.0 Å². The van der Waals surface area contributed by atoms with Gasteiger partial charge in [-0.3, -0.25) is 9.36 Å². The number of aromatic amines is 1. The van der Waals surface area contributed by atoms with Crippen molar-refractivity contribution in [2.24, 2.45) is 0 Å². The summed E-state index contributed by atoms with van der Waals surface area (Å²) in [4.78, 5) is 32.4. The van der Waals surface area contributed by atoms with E-state index in [1.165, 1.54) is 16.7 Å². The summed E-state index contributed by atoms with van der Waals surface area (Å²) < 4.78 is 28.1. The summed E-state index contributed by atoms with van der Waals surface area (Å²) >= 11 is 6.60. The van der Waals surface area contributed by atoms with E-state index in [1.54, 1.807) is 42.9 Å². The van der Waals surface area contributed by atoms with Crippen LogP contribution in [0.25, 0.3) is 27.5 Å². The molecule has 3 aromatic heterocycles. The molecular formula is C21H14ClN5O4S2. The third kappa shape index (κ3) is 4.09. The van der Waals surface area contributed by atoms with Crippen LogP contribution in [-0.4, -0.2) is 29.0 Å². The molecule has 0 saturated heterocycles. The number of amides is 2. The van der Waals surface area contributed by atoms with Crippen LogP contribution >= 0.6 is 22.9 Å². The van der Waals surface area contributed by atoms with Gasteiger partial charge in [-0.25, -0.2) is 22.9 Å². The normalized spacial score (nSPS) is 11.7. The van der Waals surface area contributed by atoms with Crippen molar-refractivity contribution < 1.29 is 13.2 Å². The minimum atomic E-state index is -4.03. The summed E-state index contributed by atoms with van der Waals surface area (Å²) in [6, 6.07) is 13.7. The lowest BCUT2D eigenvalue weighted by Crippen LogP contribution is -2.33. The summed E-state index contributed by atoms with van der Waals surface area (Å²) in [6.07, 6.45) is 3.24. The molecule has 0 spiro atoms. The lowest BCUT2D eigenvalue weighted by molar-refractivity contribution is 0.256. The number of aromatic nitrogens is 3. The van der Waals surface area contributed by atoms with Crippen molar-refractivity contribution >= 4 is 66.5 Å². The first kappa shape index (κ1) is 21.2. The monoisotopic (exact) mass is 499 g/mol. The molecule has 0 unspecified atom stereocenters. The molecule has 3 heterocycles.